The molecule has 0 radical (unpaired) electrons. The van der Waals surface area contributed by atoms with Crippen molar-refractivity contribution in [1.29, 1.82) is 0 Å². The lowest BCUT2D eigenvalue weighted by molar-refractivity contribution is -0.385. The smallest absolute Gasteiger partial charge is 0.285 e. The van der Waals surface area contributed by atoms with E-state index < -0.39 is 10.5 Å². The zero-order valence-corrected chi connectivity index (χ0v) is 15.7. The molecule has 0 aliphatic carbocycles. The summed E-state index contributed by atoms with van der Waals surface area (Å²) in [4.78, 5) is 33.8. The lowest BCUT2D eigenvalue weighted by Crippen LogP contribution is -2.32. The van der Waals surface area contributed by atoms with E-state index in [1.807, 2.05) is 26.8 Å². The third kappa shape index (κ3) is 5.67. The van der Waals surface area contributed by atoms with Crippen molar-refractivity contribution in [3.05, 3.63) is 67.6 Å². The first-order valence-corrected chi connectivity index (χ1v) is 8.60. The number of amides is 1. The summed E-state index contributed by atoms with van der Waals surface area (Å²) in [5.41, 5.74) is 2.68. The number of nitro groups is 1. The van der Waals surface area contributed by atoms with Crippen molar-refractivity contribution < 1.29 is 14.5 Å². The topological polar surface area (TPSA) is 103 Å². The Bertz CT molecular complexity index is 905. The Morgan fingerprint density at radius 1 is 1.26 bits per heavy atom. The van der Waals surface area contributed by atoms with Crippen LogP contribution in [-0.2, 0) is 11.3 Å². The molecule has 0 fully saturated rings. The van der Waals surface area contributed by atoms with Crippen LogP contribution in [0.25, 0.3) is 0 Å². The predicted octanol–water partition coefficient (Wildman–Crippen LogP) is 2.27. The molecule has 144 valence electrons. The molecule has 8 nitrogen and oxygen atoms in total. The highest BCUT2D eigenvalue weighted by Crippen LogP contribution is 2.23. The van der Waals surface area contributed by atoms with Crippen LogP contribution >= 0.6 is 0 Å². The molecule has 1 aromatic carbocycles. The monoisotopic (exact) mass is 373 g/mol. The quantitative estimate of drug-likeness (QED) is 0.434. The van der Waals surface area contributed by atoms with Crippen molar-refractivity contribution in [2.45, 2.75) is 33.7 Å². The summed E-state index contributed by atoms with van der Waals surface area (Å²) >= 11 is 0. The standard InChI is InChI=1S/C19H23N3O5/c1-13-9-14(2)15(3)17(10-13)27-8-4-7-20-18(23)12-21-11-16(22(25)26)5-6-19(21)24/h5-6,9-11H,4,7-8,12H2,1-3H3,(H,20,23). The van der Waals surface area contributed by atoms with Gasteiger partial charge in [0.2, 0.25) is 5.91 Å². The van der Waals surface area contributed by atoms with Crippen LogP contribution in [0, 0.1) is 30.9 Å². The summed E-state index contributed by atoms with van der Waals surface area (Å²) in [6, 6.07) is 6.27. The van der Waals surface area contributed by atoms with Crippen LogP contribution in [0.4, 0.5) is 5.69 Å². The number of nitrogens with one attached hydrogen (secondary N) is 1. The van der Waals surface area contributed by atoms with Gasteiger partial charge < -0.3 is 10.1 Å². The molecule has 0 atom stereocenters. The molecule has 1 heterocycles. The second-order valence-corrected chi connectivity index (χ2v) is 6.37. The van der Waals surface area contributed by atoms with Crippen LogP contribution in [0.5, 0.6) is 5.75 Å². The molecule has 27 heavy (non-hydrogen) atoms. The Hall–Kier alpha value is -3.16. The number of carbonyl (C=O) groups is 1. The van der Waals surface area contributed by atoms with Gasteiger partial charge in [-0.25, -0.2) is 0 Å². The number of pyridine rings is 1. The van der Waals surface area contributed by atoms with Crippen molar-refractivity contribution in [2.24, 2.45) is 0 Å². The third-order valence-corrected chi connectivity index (χ3v) is 4.16. The van der Waals surface area contributed by atoms with E-state index in [0.29, 0.717) is 19.6 Å². The van der Waals surface area contributed by atoms with E-state index in [1.165, 1.54) is 5.56 Å². The number of hydrogen-bond donors (Lipinski definition) is 1. The van der Waals surface area contributed by atoms with Gasteiger partial charge >= 0.3 is 0 Å². The number of ether oxygens (including phenoxy) is 1. The molecule has 1 amide bonds. The van der Waals surface area contributed by atoms with E-state index in [9.17, 15) is 19.7 Å². The second-order valence-electron chi connectivity index (χ2n) is 6.37. The van der Waals surface area contributed by atoms with Crippen molar-refractivity contribution >= 4 is 11.6 Å². The average Bonchev–Trinajstić information content (AvgIpc) is 2.60. The maximum atomic E-state index is 11.9. The van der Waals surface area contributed by atoms with Crippen LogP contribution in [-0.4, -0.2) is 28.5 Å². The number of aryl methyl sites for hydroxylation is 2. The van der Waals surface area contributed by atoms with Crippen LogP contribution in [0.1, 0.15) is 23.1 Å². The minimum Gasteiger partial charge on any atom is -0.493 e. The maximum Gasteiger partial charge on any atom is 0.285 e. The van der Waals surface area contributed by atoms with E-state index in [-0.39, 0.29) is 18.1 Å². The molecule has 0 aliphatic rings. The number of hydrogen-bond acceptors (Lipinski definition) is 5. The van der Waals surface area contributed by atoms with Gasteiger partial charge in [-0.3, -0.25) is 24.3 Å². The van der Waals surface area contributed by atoms with Gasteiger partial charge in [-0.2, -0.15) is 0 Å². The molecule has 0 bridgehead atoms. The molecule has 0 spiro atoms. The fraction of sp³-hybridized carbons (Fsp3) is 0.368. The normalized spacial score (nSPS) is 10.5. The van der Waals surface area contributed by atoms with Gasteiger partial charge in [0.15, 0.2) is 0 Å². The molecule has 2 aromatic rings. The highest BCUT2D eigenvalue weighted by Gasteiger charge is 2.10. The van der Waals surface area contributed by atoms with E-state index in [0.717, 1.165) is 39.8 Å². The summed E-state index contributed by atoms with van der Waals surface area (Å²) in [6.45, 7) is 6.61. The van der Waals surface area contributed by atoms with Crippen molar-refractivity contribution in [3.63, 3.8) is 0 Å². The van der Waals surface area contributed by atoms with Crippen molar-refractivity contribution in [3.8, 4) is 5.75 Å². The minimum absolute atomic E-state index is 0.236. The predicted molar refractivity (Wildman–Crippen MR) is 101 cm³/mol. The van der Waals surface area contributed by atoms with Crippen LogP contribution in [0.15, 0.2) is 35.3 Å². The highest BCUT2D eigenvalue weighted by atomic mass is 16.6. The minimum atomic E-state index is -0.611. The summed E-state index contributed by atoms with van der Waals surface area (Å²) in [6.07, 6.45) is 1.66. The largest absolute Gasteiger partial charge is 0.493 e. The number of benzene rings is 1. The van der Waals surface area contributed by atoms with Crippen molar-refractivity contribution in [2.75, 3.05) is 13.2 Å². The summed E-state index contributed by atoms with van der Waals surface area (Å²) in [5.74, 6) is 0.446. The third-order valence-electron chi connectivity index (χ3n) is 4.16. The molecular weight excluding hydrogens is 350 g/mol. The molecule has 1 aromatic heterocycles. The highest BCUT2D eigenvalue weighted by molar-refractivity contribution is 5.75. The lowest BCUT2D eigenvalue weighted by Gasteiger charge is -2.12. The summed E-state index contributed by atoms with van der Waals surface area (Å²) in [7, 11) is 0. The Labute approximate surface area is 156 Å². The number of carbonyl (C=O) groups excluding carboxylic acids is 1. The molecule has 0 unspecified atom stereocenters. The van der Waals surface area contributed by atoms with Crippen LogP contribution in [0.2, 0.25) is 0 Å². The summed E-state index contributed by atoms with van der Waals surface area (Å²) in [5, 5.41) is 13.4. The van der Waals surface area contributed by atoms with Crippen molar-refractivity contribution in [1.82, 2.24) is 9.88 Å². The van der Waals surface area contributed by atoms with Gasteiger partial charge in [0.1, 0.15) is 12.3 Å². The first kappa shape index (κ1) is 20.2. The number of nitrogens with zero attached hydrogens (tertiary/aromatic N) is 2. The van der Waals surface area contributed by atoms with Gasteiger partial charge in [-0.05, 0) is 49.9 Å². The van der Waals surface area contributed by atoms with E-state index >= 15 is 0 Å². The summed E-state index contributed by atoms with van der Waals surface area (Å²) < 4.78 is 6.79. The van der Waals surface area contributed by atoms with E-state index in [4.69, 9.17) is 4.74 Å². The fourth-order valence-electron chi connectivity index (χ4n) is 2.59. The van der Waals surface area contributed by atoms with Gasteiger partial charge in [0.25, 0.3) is 11.2 Å². The average molecular weight is 373 g/mol. The molecular formula is C19H23N3O5. The van der Waals surface area contributed by atoms with E-state index in [1.54, 1.807) is 0 Å². The SMILES string of the molecule is Cc1cc(C)c(C)c(OCCCNC(=O)Cn2cc([N+](=O)[O-])ccc2=O)c1. The Kier molecular flexibility index (Phi) is 6.70. The lowest BCUT2D eigenvalue weighted by atomic mass is 10.1. The van der Waals surface area contributed by atoms with Gasteiger partial charge in [0, 0.05) is 18.7 Å². The van der Waals surface area contributed by atoms with E-state index in [2.05, 4.69) is 11.4 Å². The van der Waals surface area contributed by atoms with Gasteiger partial charge in [-0.1, -0.05) is 6.07 Å². The van der Waals surface area contributed by atoms with Gasteiger partial charge in [0.05, 0.1) is 17.7 Å². The second kappa shape index (κ2) is 8.98. The molecule has 8 heteroatoms. The van der Waals surface area contributed by atoms with Crippen LogP contribution < -0.4 is 15.6 Å². The molecule has 0 saturated carbocycles. The molecule has 0 saturated heterocycles. The first-order valence-electron chi connectivity index (χ1n) is 8.60. The van der Waals surface area contributed by atoms with Gasteiger partial charge in [-0.15, -0.1) is 0 Å². The molecule has 1 N–H and O–H groups in total. The number of aromatic nitrogens is 1. The maximum absolute atomic E-state index is 11.9. The first-order chi connectivity index (χ1) is 12.8. The zero-order chi connectivity index (χ0) is 20.0. The van der Waals surface area contributed by atoms with Crippen LogP contribution in [0.3, 0.4) is 0 Å². The Morgan fingerprint density at radius 3 is 2.70 bits per heavy atom. The Morgan fingerprint density at radius 2 is 2.00 bits per heavy atom. The number of rotatable bonds is 8. The Balaban J connectivity index is 1.80. The molecule has 2 rings (SSSR count). The zero-order valence-electron chi connectivity index (χ0n) is 15.7. The fourth-order valence-corrected chi connectivity index (χ4v) is 2.59. The molecule has 0 aliphatic heterocycles.